The molecule has 0 aromatic heterocycles. The highest BCUT2D eigenvalue weighted by Gasteiger charge is 2.20. The molecule has 2 rings (SSSR count). The Balaban J connectivity index is 2.01. The Morgan fingerprint density at radius 3 is 2.31 bits per heavy atom. The molecule has 0 unspecified atom stereocenters. The number of hydrogen-bond donors (Lipinski definition) is 1. The van der Waals surface area contributed by atoms with Crippen molar-refractivity contribution in [2.45, 2.75) is 13.0 Å². The fourth-order valence-corrected chi connectivity index (χ4v) is 2.32. The Morgan fingerprint density at radius 1 is 1.08 bits per heavy atom. The van der Waals surface area contributed by atoms with Gasteiger partial charge in [-0.15, -0.1) is 0 Å². The molecule has 0 radical (unpaired) electrons. The van der Waals surface area contributed by atoms with E-state index in [1.807, 2.05) is 0 Å². The third kappa shape index (κ3) is 4.64. The van der Waals surface area contributed by atoms with Gasteiger partial charge in [-0.05, 0) is 43.3 Å². The Hall–Kier alpha value is -2.80. The van der Waals surface area contributed by atoms with E-state index in [0.29, 0.717) is 16.5 Å². The number of hydrogen-bond acceptors (Lipinski definition) is 5. The molecular formula is C18H17ClFNO5. The van der Waals surface area contributed by atoms with Gasteiger partial charge in [0.05, 0.1) is 24.8 Å². The van der Waals surface area contributed by atoms with Crippen LogP contribution >= 0.6 is 11.6 Å². The first-order chi connectivity index (χ1) is 12.3. The number of rotatable bonds is 6. The average Bonchev–Trinajstić information content (AvgIpc) is 2.61. The van der Waals surface area contributed by atoms with Gasteiger partial charge in [0.15, 0.2) is 17.7 Å². The lowest BCUT2D eigenvalue weighted by molar-refractivity contribution is -0.123. The van der Waals surface area contributed by atoms with Crippen LogP contribution in [0.5, 0.6) is 11.5 Å². The molecule has 0 saturated carbocycles. The van der Waals surface area contributed by atoms with Crippen molar-refractivity contribution in [3.05, 3.63) is 52.8 Å². The van der Waals surface area contributed by atoms with Gasteiger partial charge in [-0.2, -0.15) is 0 Å². The molecule has 0 aliphatic heterocycles. The molecule has 1 amide bonds. The van der Waals surface area contributed by atoms with Crippen LogP contribution in [-0.4, -0.2) is 32.2 Å². The minimum Gasteiger partial charge on any atom is -0.495 e. The summed E-state index contributed by atoms with van der Waals surface area (Å²) in [6.45, 7) is 1.40. The highest BCUT2D eigenvalue weighted by Crippen LogP contribution is 2.27. The van der Waals surface area contributed by atoms with E-state index in [-0.39, 0.29) is 11.3 Å². The maximum atomic E-state index is 13.7. The summed E-state index contributed by atoms with van der Waals surface area (Å²) in [6, 6.07) is 8.32. The van der Waals surface area contributed by atoms with Crippen LogP contribution in [0.4, 0.5) is 10.1 Å². The lowest BCUT2D eigenvalue weighted by Crippen LogP contribution is -2.30. The summed E-state index contributed by atoms with van der Waals surface area (Å²) in [7, 11) is 2.79. The molecule has 1 N–H and O–H groups in total. The number of esters is 1. The molecule has 138 valence electrons. The zero-order chi connectivity index (χ0) is 19.3. The van der Waals surface area contributed by atoms with E-state index in [9.17, 15) is 14.0 Å². The van der Waals surface area contributed by atoms with Gasteiger partial charge in [0.1, 0.15) is 5.75 Å². The number of nitrogens with one attached hydrogen (secondary N) is 1. The summed E-state index contributed by atoms with van der Waals surface area (Å²) in [5, 5.41) is 2.89. The topological polar surface area (TPSA) is 73.9 Å². The Kier molecular flexibility index (Phi) is 6.41. The number of methoxy groups -OCH3 is 2. The van der Waals surface area contributed by atoms with Gasteiger partial charge < -0.3 is 19.5 Å². The number of halogens is 2. The van der Waals surface area contributed by atoms with Crippen LogP contribution in [0, 0.1) is 5.82 Å². The second-order valence-electron chi connectivity index (χ2n) is 5.24. The zero-order valence-electron chi connectivity index (χ0n) is 14.3. The molecule has 0 spiro atoms. The molecule has 8 heteroatoms. The van der Waals surface area contributed by atoms with Gasteiger partial charge >= 0.3 is 5.97 Å². The summed E-state index contributed by atoms with van der Waals surface area (Å²) in [4.78, 5) is 24.2. The number of amides is 1. The highest BCUT2D eigenvalue weighted by atomic mass is 35.5. The lowest BCUT2D eigenvalue weighted by Gasteiger charge is -2.14. The molecule has 0 aliphatic carbocycles. The molecule has 0 aliphatic rings. The highest BCUT2D eigenvalue weighted by molar-refractivity contribution is 6.32. The van der Waals surface area contributed by atoms with E-state index in [2.05, 4.69) is 5.32 Å². The van der Waals surface area contributed by atoms with Gasteiger partial charge in [-0.1, -0.05) is 11.6 Å². The minimum atomic E-state index is -1.10. The molecule has 2 aromatic rings. The molecule has 0 bridgehead atoms. The van der Waals surface area contributed by atoms with Gasteiger partial charge in [0.25, 0.3) is 5.91 Å². The van der Waals surface area contributed by atoms with Crippen LogP contribution in [0.1, 0.15) is 17.3 Å². The van der Waals surface area contributed by atoms with E-state index >= 15 is 0 Å². The number of ether oxygens (including phenoxy) is 3. The normalized spacial score (nSPS) is 11.4. The van der Waals surface area contributed by atoms with Crippen molar-refractivity contribution in [1.82, 2.24) is 0 Å². The molecule has 0 fully saturated rings. The van der Waals surface area contributed by atoms with Crippen molar-refractivity contribution in [2.75, 3.05) is 19.5 Å². The fraction of sp³-hybridized carbons (Fsp3) is 0.222. The van der Waals surface area contributed by atoms with Crippen molar-refractivity contribution < 1.29 is 28.2 Å². The van der Waals surface area contributed by atoms with Gasteiger partial charge in [0.2, 0.25) is 0 Å². The summed E-state index contributed by atoms with van der Waals surface area (Å²) in [5.41, 5.74) is 0.384. The first kappa shape index (κ1) is 19.5. The average molecular weight is 382 g/mol. The predicted octanol–water partition coefficient (Wildman–Crippen LogP) is 3.68. The van der Waals surface area contributed by atoms with Gasteiger partial charge in [-0.3, -0.25) is 4.79 Å². The number of benzene rings is 2. The summed E-state index contributed by atoms with van der Waals surface area (Å²) in [5.74, 6) is -1.63. The minimum absolute atomic E-state index is 0.00345. The van der Waals surface area contributed by atoms with Crippen LogP contribution in [0.3, 0.4) is 0 Å². The standard InChI is InChI=1S/C18H17ClFNO5/c1-10(17(22)21-12-5-7-15(24-2)13(19)9-12)26-18(23)11-4-6-16(25-3)14(20)8-11/h4-10H,1-3H3,(H,21,22)/t10-/m1/s1. The van der Waals surface area contributed by atoms with Crippen molar-refractivity contribution in [2.24, 2.45) is 0 Å². The molecular weight excluding hydrogens is 365 g/mol. The van der Waals surface area contributed by atoms with E-state index in [0.717, 1.165) is 6.07 Å². The van der Waals surface area contributed by atoms with Gasteiger partial charge in [-0.25, -0.2) is 9.18 Å². The monoisotopic (exact) mass is 381 g/mol. The van der Waals surface area contributed by atoms with Crippen LogP contribution < -0.4 is 14.8 Å². The second kappa shape index (κ2) is 8.53. The third-order valence-corrected chi connectivity index (χ3v) is 3.76. The quantitative estimate of drug-likeness (QED) is 0.773. The molecule has 26 heavy (non-hydrogen) atoms. The van der Waals surface area contributed by atoms with E-state index in [1.54, 1.807) is 12.1 Å². The maximum Gasteiger partial charge on any atom is 0.339 e. The number of carbonyl (C=O) groups is 2. The Bertz CT molecular complexity index is 827. The molecule has 0 heterocycles. The predicted molar refractivity (Wildman–Crippen MR) is 94.5 cm³/mol. The first-order valence-corrected chi connectivity index (χ1v) is 7.92. The van der Waals surface area contributed by atoms with E-state index < -0.39 is 23.8 Å². The summed E-state index contributed by atoms with van der Waals surface area (Å²) < 4.78 is 28.5. The van der Waals surface area contributed by atoms with Crippen LogP contribution in [0.2, 0.25) is 5.02 Å². The third-order valence-electron chi connectivity index (χ3n) is 3.46. The Labute approximate surface area is 154 Å². The zero-order valence-corrected chi connectivity index (χ0v) is 15.1. The van der Waals surface area contributed by atoms with Crippen LogP contribution in [-0.2, 0) is 9.53 Å². The number of anilines is 1. The molecule has 2 aromatic carbocycles. The maximum absolute atomic E-state index is 13.7. The van der Waals surface area contributed by atoms with Crippen molar-refractivity contribution in [3.8, 4) is 11.5 Å². The smallest absolute Gasteiger partial charge is 0.339 e. The van der Waals surface area contributed by atoms with Gasteiger partial charge in [0, 0.05) is 5.69 Å². The van der Waals surface area contributed by atoms with Crippen molar-refractivity contribution in [1.29, 1.82) is 0 Å². The lowest BCUT2D eigenvalue weighted by atomic mass is 10.2. The largest absolute Gasteiger partial charge is 0.495 e. The van der Waals surface area contributed by atoms with Crippen molar-refractivity contribution >= 4 is 29.2 Å². The van der Waals surface area contributed by atoms with E-state index in [4.69, 9.17) is 25.8 Å². The molecule has 6 nitrogen and oxygen atoms in total. The SMILES string of the molecule is COc1ccc(C(=O)O[C@H](C)C(=O)Nc2ccc(OC)c(Cl)c2)cc1F. The Morgan fingerprint density at radius 2 is 1.73 bits per heavy atom. The van der Waals surface area contributed by atoms with Crippen LogP contribution in [0.15, 0.2) is 36.4 Å². The molecule has 0 saturated heterocycles. The van der Waals surface area contributed by atoms with Crippen molar-refractivity contribution in [3.63, 3.8) is 0 Å². The second-order valence-corrected chi connectivity index (χ2v) is 5.64. The first-order valence-electron chi connectivity index (χ1n) is 7.54. The summed E-state index contributed by atoms with van der Waals surface area (Å²) in [6.07, 6.45) is -1.10. The molecule has 1 atom stereocenters. The summed E-state index contributed by atoms with van der Waals surface area (Å²) >= 11 is 5.99. The van der Waals surface area contributed by atoms with E-state index in [1.165, 1.54) is 39.3 Å². The fourth-order valence-electron chi connectivity index (χ4n) is 2.06. The van der Waals surface area contributed by atoms with Crippen LogP contribution in [0.25, 0.3) is 0 Å². The number of carbonyl (C=O) groups excluding carboxylic acids is 2.